The van der Waals surface area contributed by atoms with Gasteiger partial charge < -0.3 is 15.4 Å². The average Bonchev–Trinajstić information content (AvgIpc) is 3.03. The van der Waals surface area contributed by atoms with Gasteiger partial charge in [0, 0.05) is 12.2 Å². The maximum Gasteiger partial charge on any atom is 0.195 e. The molecule has 4 heteroatoms. The van der Waals surface area contributed by atoms with Crippen LogP contribution in [0.3, 0.4) is 0 Å². The third-order valence-corrected chi connectivity index (χ3v) is 3.46. The van der Waals surface area contributed by atoms with E-state index in [1.165, 1.54) is 11.1 Å². The summed E-state index contributed by atoms with van der Waals surface area (Å²) in [6.07, 6.45) is 0.920. The quantitative estimate of drug-likeness (QED) is 0.905. The molecule has 0 saturated carbocycles. The minimum absolute atomic E-state index is 0.845. The van der Waals surface area contributed by atoms with Gasteiger partial charge in [-0.1, -0.05) is 24.3 Å². The molecule has 2 aromatic rings. The van der Waals surface area contributed by atoms with Gasteiger partial charge in [-0.05, 0) is 41.8 Å². The van der Waals surface area contributed by atoms with Gasteiger partial charge in [-0.2, -0.15) is 0 Å². The molecule has 0 atom stereocenters. The standard InChI is InChI=1S/C17H19N3O/c1-21-16-8-4-14(5-9-16)12-13-2-6-15(7-3-13)20-17-18-10-11-19-17/h2-9H,10-12H2,1H3,(H2,18,19,20). The maximum absolute atomic E-state index is 5.17. The molecule has 0 fully saturated rings. The number of hydrogen-bond donors (Lipinski definition) is 2. The van der Waals surface area contributed by atoms with Gasteiger partial charge in [0.2, 0.25) is 0 Å². The number of hydrogen-bond acceptors (Lipinski definition) is 4. The lowest BCUT2D eigenvalue weighted by Gasteiger charge is -2.08. The first-order valence-corrected chi connectivity index (χ1v) is 7.11. The Morgan fingerprint density at radius 3 is 2.29 bits per heavy atom. The number of aliphatic imine (C=N–C) groups is 1. The van der Waals surface area contributed by atoms with E-state index in [1.54, 1.807) is 7.11 Å². The SMILES string of the molecule is COc1ccc(Cc2ccc(NC3=NCCN3)cc2)cc1. The molecule has 21 heavy (non-hydrogen) atoms. The molecule has 0 radical (unpaired) electrons. The smallest absolute Gasteiger partial charge is 0.195 e. The largest absolute Gasteiger partial charge is 0.497 e. The van der Waals surface area contributed by atoms with E-state index < -0.39 is 0 Å². The van der Waals surface area contributed by atoms with Gasteiger partial charge in [0.15, 0.2) is 5.96 Å². The molecule has 0 saturated heterocycles. The zero-order chi connectivity index (χ0) is 14.5. The molecule has 1 heterocycles. The highest BCUT2D eigenvalue weighted by Crippen LogP contribution is 2.16. The lowest BCUT2D eigenvalue weighted by Crippen LogP contribution is -2.26. The molecule has 0 bridgehead atoms. The van der Waals surface area contributed by atoms with Gasteiger partial charge in [0.25, 0.3) is 0 Å². The van der Waals surface area contributed by atoms with Gasteiger partial charge in [0.05, 0.1) is 13.7 Å². The van der Waals surface area contributed by atoms with E-state index in [0.717, 1.165) is 36.9 Å². The van der Waals surface area contributed by atoms with E-state index in [1.807, 2.05) is 12.1 Å². The lowest BCUT2D eigenvalue weighted by atomic mass is 10.0. The van der Waals surface area contributed by atoms with Crippen LogP contribution in [0.1, 0.15) is 11.1 Å². The fourth-order valence-electron chi connectivity index (χ4n) is 2.30. The first kappa shape index (κ1) is 13.5. The number of ether oxygens (including phenoxy) is 1. The molecule has 3 rings (SSSR count). The Morgan fingerprint density at radius 2 is 1.71 bits per heavy atom. The van der Waals surface area contributed by atoms with Gasteiger partial charge in [-0.3, -0.25) is 4.99 Å². The van der Waals surface area contributed by atoms with E-state index in [0.29, 0.717) is 0 Å². The van der Waals surface area contributed by atoms with Crippen molar-refractivity contribution in [2.75, 3.05) is 25.5 Å². The summed E-state index contributed by atoms with van der Waals surface area (Å²) in [5.74, 6) is 1.75. The van der Waals surface area contributed by atoms with E-state index in [-0.39, 0.29) is 0 Å². The Kier molecular flexibility index (Phi) is 4.05. The van der Waals surface area contributed by atoms with Crippen LogP contribution in [-0.4, -0.2) is 26.2 Å². The minimum Gasteiger partial charge on any atom is -0.497 e. The molecule has 0 unspecified atom stereocenters. The Labute approximate surface area is 124 Å². The van der Waals surface area contributed by atoms with Crippen molar-refractivity contribution < 1.29 is 4.74 Å². The van der Waals surface area contributed by atoms with Crippen LogP contribution < -0.4 is 15.4 Å². The highest BCUT2D eigenvalue weighted by molar-refractivity contribution is 5.94. The number of guanidine groups is 1. The molecule has 0 amide bonds. The predicted molar refractivity (Wildman–Crippen MR) is 86.2 cm³/mol. The third-order valence-electron chi connectivity index (χ3n) is 3.46. The van der Waals surface area contributed by atoms with Crippen LogP contribution in [0.15, 0.2) is 53.5 Å². The molecule has 0 aromatic heterocycles. The van der Waals surface area contributed by atoms with Crippen molar-refractivity contribution in [3.63, 3.8) is 0 Å². The number of nitrogens with zero attached hydrogens (tertiary/aromatic N) is 1. The summed E-state index contributed by atoms with van der Waals surface area (Å²) in [5.41, 5.74) is 3.62. The number of benzene rings is 2. The monoisotopic (exact) mass is 281 g/mol. The summed E-state index contributed by atoms with van der Waals surface area (Å²) < 4.78 is 5.17. The normalized spacial score (nSPS) is 13.5. The number of anilines is 1. The lowest BCUT2D eigenvalue weighted by molar-refractivity contribution is 0.414. The summed E-state index contributed by atoms with van der Waals surface area (Å²) in [5, 5.41) is 6.47. The van der Waals surface area contributed by atoms with Gasteiger partial charge >= 0.3 is 0 Å². The average molecular weight is 281 g/mol. The molecule has 108 valence electrons. The van der Waals surface area contributed by atoms with Crippen molar-refractivity contribution in [3.8, 4) is 5.75 Å². The second kappa shape index (κ2) is 6.31. The first-order valence-electron chi connectivity index (χ1n) is 7.11. The molecule has 0 spiro atoms. The Balaban J connectivity index is 1.63. The minimum atomic E-state index is 0.845. The van der Waals surface area contributed by atoms with Crippen molar-refractivity contribution in [1.82, 2.24) is 5.32 Å². The highest BCUT2D eigenvalue weighted by Gasteiger charge is 2.04. The summed E-state index contributed by atoms with van der Waals surface area (Å²) in [4.78, 5) is 4.32. The van der Waals surface area contributed by atoms with Crippen molar-refractivity contribution in [1.29, 1.82) is 0 Å². The predicted octanol–water partition coefficient (Wildman–Crippen LogP) is 2.66. The van der Waals surface area contributed by atoms with Crippen molar-refractivity contribution in [2.24, 2.45) is 4.99 Å². The van der Waals surface area contributed by atoms with E-state index in [9.17, 15) is 0 Å². The Morgan fingerprint density at radius 1 is 1.05 bits per heavy atom. The number of methoxy groups -OCH3 is 1. The van der Waals surface area contributed by atoms with Crippen LogP contribution in [0.2, 0.25) is 0 Å². The van der Waals surface area contributed by atoms with E-state index in [4.69, 9.17) is 4.74 Å². The second-order valence-corrected chi connectivity index (χ2v) is 5.00. The van der Waals surface area contributed by atoms with Gasteiger partial charge in [0.1, 0.15) is 5.75 Å². The van der Waals surface area contributed by atoms with Crippen LogP contribution in [0.4, 0.5) is 5.69 Å². The molecule has 2 aromatic carbocycles. The number of nitrogens with one attached hydrogen (secondary N) is 2. The fourth-order valence-corrected chi connectivity index (χ4v) is 2.30. The molecule has 0 aliphatic carbocycles. The van der Waals surface area contributed by atoms with Crippen LogP contribution >= 0.6 is 0 Å². The van der Waals surface area contributed by atoms with Crippen LogP contribution in [0.25, 0.3) is 0 Å². The Bertz CT molecular complexity index is 617. The summed E-state index contributed by atoms with van der Waals surface area (Å²) in [6.45, 7) is 1.76. The van der Waals surface area contributed by atoms with Gasteiger partial charge in [-0.25, -0.2) is 0 Å². The highest BCUT2D eigenvalue weighted by atomic mass is 16.5. The molecule has 4 nitrogen and oxygen atoms in total. The topological polar surface area (TPSA) is 45.6 Å². The summed E-state index contributed by atoms with van der Waals surface area (Å²) in [7, 11) is 1.68. The van der Waals surface area contributed by atoms with E-state index in [2.05, 4.69) is 52.0 Å². The fraction of sp³-hybridized carbons (Fsp3) is 0.235. The van der Waals surface area contributed by atoms with Crippen LogP contribution in [0, 0.1) is 0 Å². The number of rotatable bonds is 4. The second-order valence-electron chi connectivity index (χ2n) is 5.00. The summed E-state index contributed by atoms with van der Waals surface area (Å²) in [6, 6.07) is 16.6. The molecule has 1 aliphatic heterocycles. The van der Waals surface area contributed by atoms with Crippen LogP contribution in [-0.2, 0) is 6.42 Å². The van der Waals surface area contributed by atoms with Crippen molar-refractivity contribution in [3.05, 3.63) is 59.7 Å². The molecule has 1 aliphatic rings. The molecular formula is C17H19N3O. The Hall–Kier alpha value is -2.49. The van der Waals surface area contributed by atoms with Gasteiger partial charge in [-0.15, -0.1) is 0 Å². The van der Waals surface area contributed by atoms with Crippen LogP contribution in [0.5, 0.6) is 5.75 Å². The van der Waals surface area contributed by atoms with Crippen molar-refractivity contribution >= 4 is 11.6 Å². The van der Waals surface area contributed by atoms with E-state index >= 15 is 0 Å². The molecular weight excluding hydrogens is 262 g/mol. The molecule has 2 N–H and O–H groups in total. The first-order chi connectivity index (χ1) is 10.3. The zero-order valence-electron chi connectivity index (χ0n) is 12.1. The zero-order valence-corrected chi connectivity index (χ0v) is 12.1. The maximum atomic E-state index is 5.17. The van der Waals surface area contributed by atoms with Crippen molar-refractivity contribution in [2.45, 2.75) is 6.42 Å². The third kappa shape index (κ3) is 3.54. The summed E-state index contributed by atoms with van der Waals surface area (Å²) >= 11 is 0.